The van der Waals surface area contributed by atoms with Crippen molar-refractivity contribution in [2.45, 2.75) is 0 Å². The molecule has 3 rings (SSSR count). The molecule has 1 aromatic carbocycles. The maximum absolute atomic E-state index is 5.37. The second-order valence-corrected chi connectivity index (χ2v) is 3.60. The zero-order chi connectivity index (χ0) is 11.7. The van der Waals surface area contributed by atoms with Gasteiger partial charge in [-0.15, -0.1) is 0 Å². The van der Waals surface area contributed by atoms with Crippen LogP contribution in [0, 0.1) is 0 Å². The lowest BCUT2D eigenvalue weighted by Gasteiger charge is -2.07. The number of nitrogens with zero attached hydrogens (tertiary/aromatic N) is 3. The highest BCUT2D eigenvalue weighted by Gasteiger charge is 2.09. The fourth-order valence-electron chi connectivity index (χ4n) is 1.79. The lowest BCUT2D eigenvalue weighted by atomic mass is 10.1. The van der Waals surface area contributed by atoms with Crippen molar-refractivity contribution in [1.29, 1.82) is 0 Å². The maximum atomic E-state index is 5.37. The molecule has 0 fully saturated rings. The monoisotopic (exact) mass is 226 g/mol. The van der Waals surface area contributed by atoms with Crippen LogP contribution in [0.15, 0.2) is 37.2 Å². The zero-order valence-electron chi connectivity index (χ0n) is 9.21. The number of ether oxygens (including phenoxy) is 1. The van der Waals surface area contributed by atoms with E-state index >= 15 is 0 Å². The topological polar surface area (TPSA) is 63.7 Å². The number of rotatable bonds is 2. The molecule has 2 aromatic heterocycles. The molecule has 0 aliphatic rings. The molecule has 84 valence electrons. The van der Waals surface area contributed by atoms with Crippen LogP contribution in [-0.4, -0.2) is 27.0 Å². The van der Waals surface area contributed by atoms with Crippen LogP contribution in [-0.2, 0) is 0 Å². The number of imidazole rings is 1. The summed E-state index contributed by atoms with van der Waals surface area (Å²) in [6.07, 6.45) is 6.67. The van der Waals surface area contributed by atoms with Crippen molar-refractivity contribution >= 4 is 11.0 Å². The molecule has 0 saturated heterocycles. The highest BCUT2D eigenvalue weighted by Crippen LogP contribution is 2.32. The lowest BCUT2D eigenvalue weighted by Crippen LogP contribution is -1.89. The second kappa shape index (κ2) is 3.86. The van der Waals surface area contributed by atoms with Gasteiger partial charge in [0.1, 0.15) is 12.1 Å². The number of fused-ring (bicyclic) bond motifs is 1. The van der Waals surface area contributed by atoms with E-state index in [1.165, 1.54) is 6.33 Å². The number of hydrogen-bond acceptors (Lipinski definition) is 4. The molecule has 0 bridgehead atoms. The third-order valence-corrected chi connectivity index (χ3v) is 2.61. The average Bonchev–Trinajstić information content (AvgIpc) is 2.85. The maximum Gasteiger partial charge on any atom is 0.129 e. The Kier molecular flexibility index (Phi) is 2.22. The van der Waals surface area contributed by atoms with Crippen LogP contribution in [0.5, 0.6) is 5.75 Å². The van der Waals surface area contributed by atoms with Gasteiger partial charge in [0, 0.05) is 29.6 Å². The Balaban J connectivity index is 2.26. The Morgan fingerprint density at radius 3 is 2.76 bits per heavy atom. The Morgan fingerprint density at radius 2 is 2.00 bits per heavy atom. The van der Waals surface area contributed by atoms with Crippen LogP contribution < -0.4 is 4.74 Å². The molecule has 0 aliphatic carbocycles. The Bertz CT molecular complexity index is 648. The van der Waals surface area contributed by atoms with E-state index in [4.69, 9.17) is 4.74 Å². The average molecular weight is 226 g/mol. The van der Waals surface area contributed by atoms with Crippen molar-refractivity contribution in [3.05, 3.63) is 37.2 Å². The van der Waals surface area contributed by atoms with Gasteiger partial charge in [-0.1, -0.05) is 0 Å². The first-order chi connectivity index (χ1) is 8.38. The summed E-state index contributed by atoms with van der Waals surface area (Å²) in [6.45, 7) is 0. The molecular weight excluding hydrogens is 216 g/mol. The van der Waals surface area contributed by atoms with Crippen LogP contribution in [0.4, 0.5) is 0 Å². The molecule has 0 saturated carbocycles. The number of aromatic nitrogens is 4. The Labute approximate surface area is 97.5 Å². The number of nitrogens with one attached hydrogen (secondary N) is 1. The second-order valence-electron chi connectivity index (χ2n) is 3.60. The molecule has 1 N–H and O–H groups in total. The molecular formula is C12H10N4O. The summed E-state index contributed by atoms with van der Waals surface area (Å²) < 4.78 is 5.37. The SMILES string of the molecule is COc1cc2[nH]cnc2cc1-c1cncnc1. The predicted octanol–water partition coefficient (Wildman–Crippen LogP) is 2.03. The van der Waals surface area contributed by atoms with E-state index in [2.05, 4.69) is 19.9 Å². The van der Waals surface area contributed by atoms with Gasteiger partial charge in [-0.25, -0.2) is 15.0 Å². The molecule has 0 unspecified atom stereocenters. The minimum absolute atomic E-state index is 0.775. The third kappa shape index (κ3) is 1.61. The minimum atomic E-state index is 0.775. The van der Waals surface area contributed by atoms with Crippen molar-refractivity contribution in [3.8, 4) is 16.9 Å². The van der Waals surface area contributed by atoms with Gasteiger partial charge in [-0.2, -0.15) is 0 Å². The Hall–Kier alpha value is -2.43. The molecule has 0 atom stereocenters. The van der Waals surface area contributed by atoms with Crippen molar-refractivity contribution in [2.24, 2.45) is 0 Å². The van der Waals surface area contributed by atoms with E-state index in [1.807, 2.05) is 12.1 Å². The van der Waals surface area contributed by atoms with Crippen LogP contribution in [0.1, 0.15) is 0 Å². The van der Waals surface area contributed by atoms with E-state index < -0.39 is 0 Å². The Morgan fingerprint density at radius 1 is 1.18 bits per heavy atom. The minimum Gasteiger partial charge on any atom is -0.496 e. The first-order valence-electron chi connectivity index (χ1n) is 5.15. The standard InChI is InChI=1S/C12H10N4O/c1-17-12-3-11-10(15-7-16-11)2-9(12)8-4-13-6-14-5-8/h2-7H,1H3,(H,15,16). The van der Waals surface area contributed by atoms with Gasteiger partial charge in [0.05, 0.1) is 24.5 Å². The molecule has 0 amide bonds. The summed E-state index contributed by atoms with van der Waals surface area (Å²) >= 11 is 0. The van der Waals surface area contributed by atoms with Gasteiger partial charge >= 0.3 is 0 Å². The molecule has 0 spiro atoms. The van der Waals surface area contributed by atoms with Gasteiger partial charge in [0.2, 0.25) is 0 Å². The summed E-state index contributed by atoms with van der Waals surface area (Å²) in [5.41, 5.74) is 3.69. The van der Waals surface area contributed by atoms with Gasteiger partial charge < -0.3 is 9.72 Å². The fraction of sp³-hybridized carbons (Fsp3) is 0.0833. The van der Waals surface area contributed by atoms with Crippen LogP contribution in [0.3, 0.4) is 0 Å². The van der Waals surface area contributed by atoms with Crippen molar-refractivity contribution in [3.63, 3.8) is 0 Å². The summed E-state index contributed by atoms with van der Waals surface area (Å²) in [7, 11) is 1.64. The number of aromatic amines is 1. The van der Waals surface area contributed by atoms with E-state index in [0.717, 1.165) is 27.9 Å². The highest BCUT2D eigenvalue weighted by molar-refractivity contribution is 5.85. The summed E-state index contributed by atoms with van der Waals surface area (Å²) in [4.78, 5) is 15.3. The smallest absolute Gasteiger partial charge is 0.129 e. The van der Waals surface area contributed by atoms with Crippen LogP contribution in [0.2, 0.25) is 0 Å². The molecule has 2 heterocycles. The molecule has 5 heteroatoms. The van der Waals surface area contributed by atoms with Crippen molar-refractivity contribution in [2.75, 3.05) is 7.11 Å². The lowest BCUT2D eigenvalue weighted by molar-refractivity contribution is 0.417. The summed E-state index contributed by atoms with van der Waals surface area (Å²) in [6, 6.07) is 3.88. The number of H-pyrrole nitrogens is 1. The van der Waals surface area contributed by atoms with Gasteiger partial charge in [0.15, 0.2) is 0 Å². The third-order valence-electron chi connectivity index (χ3n) is 2.61. The summed E-state index contributed by atoms with van der Waals surface area (Å²) in [5.74, 6) is 0.775. The largest absolute Gasteiger partial charge is 0.496 e. The van der Waals surface area contributed by atoms with Gasteiger partial charge in [0.25, 0.3) is 0 Å². The van der Waals surface area contributed by atoms with Crippen molar-refractivity contribution < 1.29 is 4.74 Å². The van der Waals surface area contributed by atoms with Crippen LogP contribution >= 0.6 is 0 Å². The molecule has 3 aromatic rings. The fourth-order valence-corrected chi connectivity index (χ4v) is 1.79. The van der Waals surface area contributed by atoms with E-state index in [1.54, 1.807) is 25.8 Å². The van der Waals surface area contributed by atoms with Gasteiger partial charge in [-0.3, -0.25) is 0 Å². The van der Waals surface area contributed by atoms with E-state index in [0.29, 0.717) is 0 Å². The molecule has 0 radical (unpaired) electrons. The first-order valence-corrected chi connectivity index (χ1v) is 5.15. The number of methoxy groups -OCH3 is 1. The van der Waals surface area contributed by atoms with E-state index in [-0.39, 0.29) is 0 Å². The number of hydrogen-bond donors (Lipinski definition) is 1. The highest BCUT2D eigenvalue weighted by atomic mass is 16.5. The zero-order valence-corrected chi connectivity index (χ0v) is 9.21. The van der Waals surface area contributed by atoms with Crippen molar-refractivity contribution in [1.82, 2.24) is 19.9 Å². The summed E-state index contributed by atoms with van der Waals surface area (Å²) in [5, 5.41) is 0. The quantitative estimate of drug-likeness (QED) is 0.726. The normalized spacial score (nSPS) is 10.6. The number of benzene rings is 1. The van der Waals surface area contributed by atoms with E-state index in [9.17, 15) is 0 Å². The van der Waals surface area contributed by atoms with Gasteiger partial charge in [-0.05, 0) is 6.07 Å². The molecule has 5 nitrogen and oxygen atoms in total. The molecule has 17 heavy (non-hydrogen) atoms. The van der Waals surface area contributed by atoms with Crippen LogP contribution in [0.25, 0.3) is 22.2 Å². The predicted molar refractivity (Wildman–Crippen MR) is 63.7 cm³/mol. The first kappa shape index (κ1) is 9.77. The molecule has 0 aliphatic heterocycles.